The lowest BCUT2D eigenvalue weighted by Gasteiger charge is -2.31. The van der Waals surface area contributed by atoms with Gasteiger partial charge in [-0.05, 0) is 49.7 Å². The topological polar surface area (TPSA) is 84.7 Å². The van der Waals surface area contributed by atoms with Crippen LogP contribution in [0.3, 0.4) is 0 Å². The molecule has 1 aromatic carbocycles. The number of carbonyl (C=O) groups is 2. The van der Waals surface area contributed by atoms with Crippen molar-refractivity contribution in [2.75, 3.05) is 13.7 Å². The van der Waals surface area contributed by atoms with E-state index in [1.807, 2.05) is 0 Å². The van der Waals surface area contributed by atoms with Crippen LogP contribution in [0.4, 0.5) is 4.79 Å². The van der Waals surface area contributed by atoms with E-state index in [0.29, 0.717) is 19.0 Å². The second-order valence-electron chi connectivity index (χ2n) is 10.1. The van der Waals surface area contributed by atoms with Gasteiger partial charge < -0.3 is 19.3 Å². The van der Waals surface area contributed by atoms with Crippen LogP contribution in [0.2, 0.25) is 0 Å². The van der Waals surface area contributed by atoms with Crippen molar-refractivity contribution in [2.24, 2.45) is 11.8 Å². The first kappa shape index (κ1) is 22.2. The van der Waals surface area contributed by atoms with Crippen molar-refractivity contribution in [1.29, 1.82) is 0 Å². The molecule has 2 aliphatic carbocycles. The molecule has 2 heterocycles. The number of aromatic nitrogens is 2. The SMILES string of the molecule is COC(=O)N1CCc2ccc3c(nc(C4CCCCC4)n3C[C@@H]3CCCC[C@H]3C(=O)O)c2C1. The average Bonchev–Trinajstić information content (AvgIpc) is 3.22. The molecule has 0 spiro atoms. The molecule has 2 fully saturated rings. The molecule has 2 saturated carbocycles. The largest absolute Gasteiger partial charge is 0.481 e. The maximum Gasteiger partial charge on any atom is 0.409 e. The van der Waals surface area contributed by atoms with Crippen molar-refractivity contribution in [1.82, 2.24) is 14.5 Å². The Hall–Kier alpha value is -2.57. The normalized spacial score (nSPS) is 24.0. The van der Waals surface area contributed by atoms with E-state index < -0.39 is 5.97 Å². The highest BCUT2D eigenvalue weighted by molar-refractivity contribution is 5.82. The molecule has 1 aliphatic heterocycles. The van der Waals surface area contributed by atoms with Gasteiger partial charge in [0.05, 0.1) is 30.6 Å². The van der Waals surface area contributed by atoms with E-state index >= 15 is 0 Å². The number of ether oxygens (including phenoxy) is 1. The Morgan fingerprint density at radius 2 is 1.85 bits per heavy atom. The first-order chi connectivity index (χ1) is 16.1. The third-order valence-electron chi connectivity index (χ3n) is 8.20. The Balaban J connectivity index is 1.57. The number of carboxylic acid groups (broad SMARTS) is 1. The minimum atomic E-state index is -0.658. The highest BCUT2D eigenvalue weighted by Gasteiger charge is 2.34. The molecule has 0 unspecified atom stereocenters. The summed E-state index contributed by atoms with van der Waals surface area (Å²) in [4.78, 5) is 31.2. The lowest BCUT2D eigenvalue weighted by molar-refractivity contribution is -0.145. The number of aliphatic carboxylic acids is 1. The van der Waals surface area contributed by atoms with E-state index in [9.17, 15) is 14.7 Å². The number of methoxy groups -OCH3 is 1. The monoisotopic (exact) mass is 453 g/mol. The number of imidazole rings is 1. The van der Waals surface area contributed by atoms with Crippen LogP contribution in [0.1, 0.15) is 80.7 Å². The molecule has 2 aromatic rings. The van der Waals surface area contributed by atoms with Crippen LogP contribution in [0, 0.1) is 11.8 Å². The molecule has 1 amide bonds. The number of benzene rings is 1. The zero-order valence-corrected chi connectivity index (χ0v) is 19.6. The van der Waals surface area contributed by atoms with Gasteiger partial charge in [0.25, 0.3) is 0 Å². The highest BCUT2D eigenvalue weighted by atomic mass is 16.5. The van der Waals surface area contributed by atoms with Crippen molar-refractivity contribution in [3.8, 4) is 0 Å². The van der Waals surface area contributed by atoms with Crippen LogP contribution < -0.4 is 0 Å². The summed E-state index contributed by atoms with van der Waals surface area (Å²) in [6.07, 6.45) is 10.4. The molecule has 5 rings (SSSR count). The predicted octanol–water partition coefficient (Wildman–Crippen LogP) is 5.10. The van der Waals surface area contributed by atoms with Crippen LogP contribution in [-0.4, -0.2) is 45.3 Å². The molecule has 178 valence electrons. The van der Waals surface area contributed by atoms with Crippen molar-refractivity contribution in [3.63, 3.8) is 0 Å². The van der Waals surface area contributed by atoms with Gasteiger partial charge in [0, 0.05) is 24.6 Å². The van der Waals surface area contributed by atoms with Gasteiger partial charge in [-0.3, -0.25) is 4.79 Å². The molecular weight excluding hydrogens is 418 g/mol. The minimum absolute atomic E-state index is 0.138. The highest BCUT2D eigenvalue weighted by Crippen LogP contribution is 2.39. The summed E-state index contributed by atoms with van der Waals surface area (Å²) in [5.74, 6) is 0.757. The Bertz CT molecular complexity index is 1040. The molecule has 0 radical (unpaired) electrons. The van der Waals surface area contributed by atoms with Crippen molar-refractivity contribution in [3.05, 3.63) is 29.1 Å². The molecule has 2 atom stereocenters. The third-order valence-corrected chi connectivity index (χ3v) is 8.20. The quantitative estimate of drug-likeness (QED) is 0.696. The zero-order valence-electron chi connectivity index (χ0n) is 19.6. The van der Waals surface area contributed by atoms with E-state index in [2.05, 4.69) is 16.7 Å². The van der Waals surface area contributed by atoms with Crippen LogP contribution in [0.15, 0.2) is 12.1 Å². The van der Waals surface area contributed by atoms with Crippen LogP contribution in [-0.2, 0) is 29.0 Å². The van der Waals surface area contributed by atoms with Gasteiger partial charge in [-0.1, -0.05) is 38.2 Å². The van der Waals surface area contributed by atoms with Crippen LogP contribution in [0.5, 0.6) is 0 Å². The van der Waals surface area contributed by atoms with E-state index in [-0.39, 0.29) is 17.9 Å². The fourth-order valence-corrected chi connectivity index (χ4v) is 6.38. The van der Waals surface area contributed by atoms with Gasteiger partial charge in [-0.25, -0.2) is 9.78 Å². The van der Waals surface area contributed by atoms with Gasteiger partial charge in [0.15, 0.2) is 0 Å². The summed E-state index contributed by atoms with van der Waals surface area (Å²) in [5.41, 5.74) is 4.46. The maximum atomic E-state index is 12.2. The van der Waals surface area contributed by atoms with E-state index in [0.717, 1.165) is 73.9 Å². The average molecular weight is 454 g/mol. The molecule has 7 nitrogen and oxygen atoms in total. The Kier molecular flexibility index (Phi) is 6.30. The Morgan fingerprint density at radius 3 is 2.61 bits per heavy atom. The van der Waals surface area contributed by atoms with Crippen molar-refractivity contribution in [2.45, 2.75) is 83.2 Å². The van der Waals surface area contributed by atoms with Crippen LogP contribution >= 0.6 is 0 Å². The number of fused-ring (bicyclic) bond motifs is 3. The fourth-order valence-electron chi connectivity index (χ4n) is 6.38. The fraction of sp³-hybridized carbons (Fsp3) is 0.654. The van der Waals surface area contributed by atoms with Crippen molar-refractivity contribution >= 4 is 23.1 Å². The second-order valence-corrected chi connectivity index (χ2v) is 10.1. The first-order valence-corrected chi connectivity index (χ1v) is 12.6. The Morgan fingerprint density at radius 1 is 1.09 bits per heavy atom. The summed E-state index contributed by atoms with van der Waals surface area (Å²) in [7, 11) is 1.43. The van der Waals surface area contributed by atoms with Gasteiger partial charge in [0.1, 0.15) is 5.82 Å². The standard InChI is InChI=1S/C26H35N3O4/c1-33-26(32)28-14-13-17-11-12-22-23(21(17)16-28)27-24(18-7-3-2-4-8-18)29(22)15-19-9-5-6-10-20(19)25(30)31/h11-12,18-20H,2-10,13-16H2,1H3,(H,30,31)/t19-,20+/m0/s1. The molecule has 3 aliphatic rings. The number of carbonyl (C=O) groups excluding carboxylic acids is 1. The molecular formula is C26H35N3O4. The number of hydrogen-bond donors (Lipinski definition) is 1. The molecule has 33 heavy (non-hydrogen) atoms. The number of rotatable bonds is 4. The number of hydrogen-bond acceptors (Lipinski definition) is 4. The van der Waals surface area contributed by atoms with E-state index in [4.69, 9.17) is 9.72 Å². The summed E-state index contributed by atoms with van der Waals surface area (Å²) >= 11 is 0. The van der Waals surface area contributed by atoms with E-state index in [1.54, 1.807) is 4.90 Å². The first-order valence-electron chi connectivity index (χ1n) is 12.6. The zero-order chi connectivity index (χ0) is 22.9. The number of amides is 1. The smallest absolute Gasteiger partial charge is 0.409 e. The number of carboxylic acids is 1. The molecule has 1 N–H and O–H groups in total. The molecule has 0 saturated heterocycles. The van der Waals surface area contributed by atoms with Gasteiger partial charge in [0.2, 0.25) is 0 Å². The van der Waals surface area contributed by atoms with E-state index in [1.165, 1.54) is 31.9 Å². The minimum Gasteiger partial charge on any atom is -0.481 e. The van der Waals surface area contributed by atoms with Crippen LogP contribution in [0.25, 0.3) is 11.0 Å². The molecule has 1 aromatic heterocycles. The number of nitrogens with zero attached hydrogens (tertiary/aromatic N) is 3. The lowest BCUT2D eigenvalue weighted by atomic mass is 9.79. The van der Waals surface area contributed by atoms with Gasteiger partial charge >= 0.3 is 12.1 Å². The molecule has 7 heteroatoms. The summed E-state index contributed by atoms with van der Waals surface area (Å²) in [6.45, 7) is 1.89. The summed E-state index contributed by atoms with van der Waals surface area (Å²) in [5, 5.41) is 9.86. The Labute approximate surface area is 195 Å². The summed E-state index contributed by atoms with van der Waals surface area (Å²) < 4.78 is 7.34. The molecule has 0 bridgehead atoms. The van der Waals surface area contributed by atoms with Gasteiger partial charge in [-0.15, -0.1) is 0 Å². The third kappa shape index (κ3) is 4.22. The second kappa shape index (κ2) is 9.35. The predicted molar refractivity (Wildman–Crippen MR) is 125 cm³/mol. The van der Waals surface area contributed by atoms with Crippen molar-refractivity contribution < 1.29 is 19.4 Å². The van der Waals surface area contributed by atoms with Gasteiger partial charge in [-0.2, -0.15) is 0 Å². The maximum absolute atomic E-state index is 12.2. The lowest BCUT2D eigenvalue weighted by Crippen LogP contribution is -2.35. The summed E-state index contributed by atoms with van der Waals surface area (Å²) in [6, 6.07) is 4.37.